The van der Waals surface area contributed by atoms with Crippen molar-refractivity contribution in [2.24, 2.45) is 5.92 Å². The molecule has 1 unspecified atom stereocenters. The smallest absolute Gasteiger partial charge is 0.221 e. The van der Waals surface area contributed by atoms with E-state index in [4.69, 9.17) is 0 Å². The van der Waals surface area contributed by atoms with Crippen molar-refractivity contribution >= 4 is 5.95 Å². The van der Waals surface area contributed by atoms with Gasteiger partial charge in [-0.05, 0) is 25.2 Å². The molecule has 2 aliphatic rings. The molecule has 2 heterocycles. The lowest BCUT2D eigenvalue weighted by molar-refractivity contribution is 0.373. The predicted molar refractivity (Wildman–Crippen MR) is 54.3 cm³/mol. The molecule has 0 spiro atoms. The van der Waals surface area contributed by atoms with E-state index in [-0.39, 0.29) is 0 Å². The number of aryl methyl sites for hydroxylation is 1. The third-order valence-corrected chi connectivity index (χ3v) is 3.19. The number of anilines is 1. The van der Waals surface area contributed by atoms with Crippen LogP contribution in [-0.2, 0) is 6.42 Å². The molecule has 0 radical (unpaired) electrons. The van der Waals surface area contributed by atoms with E-state index in [1.54, 1.807) is 0 Å². The van der Waals surface area contributed by atoms with Crippen LogP contribution in [0.15, 0.2) is 0 Å². The van der Waals surface area contributed by atoms with Gasteiger partial charge in [0, 0.05) is 13.0 Å². The Morgan fingerprint density at radius 1 is 1.43 bits per heavy atom. The van der Waals surface area contributed by atoms with Gasteiger partial charge in [-0.3, -0.25) is 0 Å². The monoisotopic (exact) mass is 192 g/mol. The molecule has 1 aliphatic heterocycles. The van der Waals surface area contributed by atoms with Gasteiger partial charge in [0.25, 0.3) is 0 Å². The zero-order chi connectivity index (χ0) is 9.54. The molecule has 0 aromatic carbocycles. The van der Waals surface area contributed by atoms with Crippen LogP contribution in [0.1, 0.15) is 38.1 Å². The molecule has 1 aromatic rings. The Kier molecular flexibility index (Phi) is 1.75. The summed E-state index contributed by atoms with van der Waals surface area (Å²) in [6, 6.07) is 0.624. The van der Waals surface area contributed by atoms with Gasteiger partial charge in [-0.15, -0.1) is 0 Å². The predicted octanol–water partition coefficient (Wildman–Crippen LogP) is 1.61. The van der Waals surface area contributed by atoms with Crippen molar-refractivity contribution in [3.63, 3.8) is 0 Å². The van der Waals surface area contributed by atoms with Gasteiger partial charge in [-0.25, -0.2) is 4.68 Å². The van der Waals surface area contributed by atoms with Crippen molar-refractivity contribution in [3.05, 3.63) is 5.82 Å². The molecule has 1 aliphatic carbocycles. The Hall–Kier alpha value is -1.06. The topological polar surface area (TPSA) is 42.7 Å². The van der Waals surface area contributed by atoms with E-state index in [1.165, 1.54) is 19.3 Å². The summed E-state index contributed by atoms with van der Waals surface area (Å²) in [6.45, 7) is 3.16. The molecule has 4 heteroatoms. The van der Waals surface area contributed by atoms with Gasteiger partial charge < -0.3 is 5.32 Å². The van der Waals surface area contributed by atoms with Gasteiger partial charge >= 0.3 is 0 Å². The summed E-state index contributed by atoms with van der Waals surface area (Å²) in [5, 5.41) is 7.87. The van der Waals surface area contributed by atoms with Gasteiger partial charge in [-0.2, -0.15) is 10.1 Å². The minimum atomic E-state index is 0.624. The van der Waals surface area contributed by atoms with E-state index < -0.39 is 0 Å². The molecule has 3 rings (SSSR count). The van der Waals surface area contributed by atoms with E-state index in [0.29, 0.717) is 6.04 Å². The highest BCUT2D eigenvalue weighted by atomic mass is 15.4. The quantitative estimate of drug-likeness (QED) is 0.774. The van der Waals surface area contributed by atoms with Crippen LogP contribution in [0.2, 0.25) is 0 Å². The molecular weight excluding hydrogens is 176 g/mol. The fourth-order valence-corrected chi connectivity index (χ4v) is 2.24. The number of nitrogens with zero attached hydrogens (tertiary/aromatic N) is 3. The van der Waals surface area contributed by atoms with Crippen molar-refractivity contribution in [1.82, 2.24) is 14.8 Å². The van der Waals surface area contributed by atoms with Crippen LogP contribution in [-0.4, -0.2) is 21.3 Å². The lowest BCUT2D eigenvalue weighted by atomic mass is 10.1. The largest absolute Gasteiger partial charge is 0.354 e. The molecule has 76 valence electrons. The second-order valence-corrected chi connectivity index (χ2v) is 4.27. The maximum absolute atomic E-state index is 4.56. The van der Waals surface area contributed by atoms with Crippen LogP contribution in [0, 0.1) is 5.92 Å². The third-order valence-electron chi connectivity index (χ3n) is 3.19. The maximum Gasteiger partial charge on any atom is 0.221 e. The van der Waals surface area contributed by atoms with E-state index >= 15 is 0 Å². The standard InChI is InChI=1S/C10H16N4/c1-2-9-12-10-11-6-5-8(7-3-4-7)14(10)13-9/h7-8H,2-6H2,1H3,(H,11,12,13). The Labute approximate surface area is 83.7 Å². The zero-order valence-electron chi connectivity index (χ0n) is 8.53. The summed E-state index contributed by atoms with van der Waals surface area (Å²) in [6.07, 6.45) is 4.90. The highest BCUT2D eigenvalue weighted by Crippen LogP contribution is 2.43. The summed E-state index contributed by atoms with van der Waals surface area (Å²) in [5.41, 5.74) is 0. The lowest BCUT2D eigenvalue weighted by Gasteiger charge is -2.23. The first-order valence-electron chi connectivity index (χ1n) is 5.57. The molecule has 0 amide bonds. The number of hydrogen-bond donors (Lipinski definition) is 1. The first-order chi connectivity index (χ1) is 6.88. The summed E-state index contributed by atoms with van der Waals surface area (Å²) in [7, 11) is 0. The molecule has 1 aromatic heterocycles. The fraction of sp³-hybridized carbons (Fsp3) is 0.800. The molecule has 1 N–H and O–H groups in total. The zero-order valence-corrected chi connectivity index (χ0v) is 8.53. The van der Waals surface area contributed by atoms with E-state index in [1.807, 2.05) is 0 Å². The van der Waals surface area contributed by atoms with Gasteiger partial charge in [0.15, 0.2) is 5.82 Å². The van der Waals surface area contributed by atoms with E-state index in [9.17, 15) is 0 Å². The van der Waals surface area contributed by atoms with Crippen molar-refractivity contribution in [1.29, 1.82) is 0 Å². The lowest BCUT2D eigenvalue weighted by Crippen LogP contribution is -2.25. The van der Waals surface area contributed by atoms with Gasteiger partial charge in [-0.1, -0.05) is 6.92 Å². The molecular formula is C10H16N4. The minimum Gasteiger partial charge on any atom is -0.354 e. The van der Waals surface area contributed by atoms with E-state index in [0.717, 1.165) is 30.7 Å². The minimum absolute atomic E-state index is 0.624. The van der Waals surface area contributed by atoms with Crippen LogP contribution in [0.5, 0.6) is 0 Å². The Morgan fingerprint density at radius 2 is 2.29 bits per heavy atom. The third kappa shape index (κ3) is 1.21. The summed E-state index contributed by atoms with van der Waals surface area (Å²) in [5.74, 6) is 2.84. The molecule has 0 bridgehead atoms. The number of nitrogens with one attached hydrogen (secondary N) is 1. The number of aromatic nitrogens is 3. The first kappa shape index (κ1) is 8.26. The Bertz CT molecular complexity index is 340. The van der Waals surface area contributed by atoms with Crippen molar-refractivity contribution in [2.45, 2.75) is 38.6 Å². The summed E-state index contributed by atoms with van der Waals surface area (Å²) < 4.78 is 2.12. The SMILES string of the molecule is CCc1nc2n(n1)C(C1CC1)CCN2. The molecule has 1 fully saturated rings. The van der Waals surface area contributed by atoms with Crippen molar-refractivity contribution in [2.75, 3.05) is 11.9 Å². The van der Waals surface area contributed by atoms with Crippen LogP contribution in [0.4, 0.5) is 5.95 Å². The first-order valence-corrected chi connectivity index (χ1v) is 5.57. The number of hydrogen-bond acceptors (Lipinski definition) is 3. The highest BCUT2D eigenvalue weighted by molar-refractivity contribution is 5.28. The second kappa shape index (κ2) is 2.97. The number of fused-ring (bicyclic) bond motifs is 1. The van der Waals surface area contributed by atoms with E-state index in [2.05, 4.69) is 27.0 Å². The number of rotatable bonds is 2. The molecule has 1 saturated carbocycles. The molecule has 0 saturated heterocycles. The molecule has 4 nitrogen and oxygen atoms in total. The fourth-order valence-electron chi connectivity index (χ4n) is 2.24. The normalized spacial score (nSPS) is 25.6. The van der Waals surface area contributed by atoms with Gasteiger partial charge in [0.05, 0.1) is 6.04 Å². The maximum atomic E-state index is 4.56. The second-order valence-electron chi connectivity index (χ2n) is 4.27. The summed E-state index contributed by atoms with van der Waals surface area (Å²) in [4.78, 5) is 4.47. The van der Waals surface area contributed by atoms with Crippen molar-refractivity contribution in [3.8, 4) is 0 Å². The molecule has 14 heavy (non-hydrogen) atoms. The Balaban J connectivity index is 1.95. The van der Waals surface area contributed by atoms with Crippen LogP contribution >= 0.6 is 0 Å². The van der Waals surface area contributed by atoms with Crippen molar-refractivity contribution < 1.29 is 0 Å². The van der Waals surface area contributed by atoms with Gasteiger partial charge in [0.2, 0.25) is 5.95 Å². The highest BCUT2D eigenvalue weighted by Gasteiger charge is 2.36. The van der Waals surface area contributed by atoms with Crippen LogP contribution < -0.4 is 5.32 Å². The average molecular weight is 192 g/mol. The van der Waals surface area contributed by atoms with Crippen LogP contribution in [0.3, 0.4) is 0 Å². The average Bonchev–Trinajstić information content (AvgIpc) is 2.96. The molecule has 1 atom stereocenters. The summed E-state index contributed by atoms with van der Waals surface area (Å²) >= 11 is 0. The van der Waals surface area contributed by atoms with Crippen LogP contribution in [0.25, 0.3) is 0 Å². The Morgan fingerprint density at radius 3 is 3.00 bits per heavy atom. The van der Waals surface area contributed by atoms with Gasteiger partial charge in [0.1, 0.15) is 0 Å².